The van der Waals surface area contributed by atoms with Gasteiger partial charge in [-0.2, -0.15) is 11.8 Å². The Balaban J connectivity index is 2.46. The quantitative estimate of drug-likeness (QED) is 0.660. The highest BCUT2D eigenvalue weighted by molar-refractivity contribution is 8.00. The molecule has 2 unspecified atom stereocenters. The number of aliphatic hydroxyl groups excluding tert-OH is 1. The van der Waals surface area contributed by atoms with Crippen LogP contribution >= 0.6 is 11.8 Å². The summed E-state index contributed by atoms with van der Waals surface area (Å²) in [5, 5.41) is 17.6. The Hall–Kier alpha value is -0.220. The van der Waals surface area contributed by atoms with Crippen LogP contribution in [0.25, 0.3) is 0 Å². The maximum atomic E-state index is 10.5. The summed E-state index contributed by atoms with van der Waals surface area (Å²) in [5.41, 5.74) is 0. The molecule has 0 aromatic heterocycles. The van der Waals surface area contributed by atoms with E-state index in [9.17, 15) is 4.79 Å². The van der Waals surface area contributed by atoms with E-state index in [2.05, 4.69) is 0 Å². The number of carboxylic acid groups (broad SMARTS) is 1. The van der Waals surface area contributed by atoms with Crippen molar-refractivity contribution >= 4 is 17.7 Å². The lowest BCUT2D eigenvalue weighted by Gasteiger charge is -2.14. The number of hydrogen-bond acceptors (Lipinski definition) is 3. The maximum absolute atomic E-state index is 10.5. The van der Waals surface area contributed by atoms with Crippen molar-refractivity contribution in [3.8, 4) is 0 Å². The number of rotatable bonds is 3. The van der Waals surface area contributed by atoms with Crippen LogP contribution in [0.3, 0.4) is 0 Å². The van der Waals surface area contributed by atoms with Gasteiger partial charge in [0.2, 0.25) is 0 Å². The highest BCUT2D eigenvalue weighted by Crippen LogP contribution is 2.31. The van der Waals surface area contributed by atoms with Gasteiger partial charge in [-0.15, -0.1) is 0 Å². The highest BCUT2D eigenvalue weighted by Gasteiger charge is 2.30. The van der Waals surface area contributed by atoms with Gasteiger partial charge in [-0.25, -0.2) is 0 Å². The van der Waals surface area contributed by atoms with Crippen LogP contribution < -0.4 is 0 Å². The van der Waals surface area contributed by atoms with Crippen molar-refractivity contribution in [2.24, 2.45) is 5.92 Å². The van der Waals surface area contributed by atoms with E-state index in [0.717, 1.165) is 18.6 Å². The first-order chi connectivity index (χ1) is 5.25. The molecule has 1 heterocycles. The second kappa shape index (κ2) is 3.97. The molecule has 1 aliphatic rings. The molecule has 2 N–H and O–H groups in total. The lowest BCUT2D eigenvalue weighted by molar-refractivity contribution is -0.143. The van der Waals surface area contributed by atoms with Crippen molar-refractivity contribution in [1.82, 2.24) is 0 Å². The Bertz CT molecular complexity index is 143. The SMILES string of the molecule is O=C(O)C(CO)C1CCCS1. The zero-order valence-corrected chi connectivity index (χ0v) is 7.01. The van der Waals surface area contributed by atoms with Crippen LogP contribution in [0.2, 0.25) is 0 Å². The average Bonchev–Trinajstić information content (AvgIpc) is 2.40. The van der Waals surface area contributed by atoms with E-state index in [1.54, 1.807) is 11.8 Å². The summed E-state index contributed by atoms with van der Waals surface area (Å²) in [6.45, 7) is -0.229. The summed E-state index contributed by atoms with van der Waals surface area (Å²) in [5.74, 6) is -0.386. The van der Waals surface area contributed by atoms with Crippen LogP contribution in [0, 0.1) is 5.92 Å². The molecule has 0 amide bonds. The smallest absolute Gasteiger partial charge is 0.309 e. The largest absolute Gasteiger partial charge is 0.481 e. The second-order valence-electron chi connectivity index (χ2n) is 2.68. The van der Waals surface area contributed by atoms with Gasteiger partial charge >= 0.3 is 5.97 Å². The van der Waals surface area contributed by atoms with Crippen molar-refractivity contribution < 1.29 is 15.0 Å². The first kappa shape index (κ1) is 8.87. The minimum atomic E-state index is -0.869. The minimum absolute atomic E-state index is 0.137. The molecule has 4 heteroatoms. The summed E-state index contributed by atoms with van der Waals surface area (Å²) in [7, 11) is 0. The Kier molecular flexibility index (Phi) is 3.20. The average molecular weight is 176 g/mol. The third-order valence-electron chi connectivity index (χ3n) is 1.93. The van der Waals surface area contributed by atoms with Gasteiger partial charge in [0.05, 0.1) is 12.5 Å². The van der Waals surface area contributed by atoms with Crippen LogP contribution in [0.5, 0.6) is 0 Å². The van der Waals surface area contributed by atoms with E-state index in [-0.39, 0.29) is 11.9 Å². The Labute approximate surface area is 69.8 Å². The fourth-order valence-corrected chi connectivity index (χ4v) is 2.68. The van der Waals surface area contributed by atoms with Crippen LogP contribution in [0.1, 0.15) is 12.8 Å². The van der Waals surface area contributed by atoms with Gasteiger partial charge in [-0.3, -0.25) is 4.79 Å². The van der Waals surface area contributed by atoms with Crippen molar-refractivity contribution in [2.75, 3.05) is 12.4 Å². The third kappa shape index (κ3) is 2.10. The van der Waals surface area contributed by atoms with Gasteiger partial charge in [0.25, 0.3) is 0 Å². The monoisotopic (exact) mass is 176 g/mol. The van der Waals surface area contributed by atoms with Crippen LogP contribution in [-0.2, 0) is 4.79 Å². The summed E-state index contributed by atoms with van der Waals surface area (Å²) in [6.07, 6.45) is 2.02. The first-order valence-corrected chi connectivity index (χ1v) is 4.76. The van der Waals surface area contributed by atoms with Crippen molar-refractivity contribution in [2.45, 2.75) is 18.1 Å². The normalized spacial score (nSPS) is 26.8. The molecule has 0 aromatic rings. The standard InChI is InChI=1S/C7H12O3S/c8-4-5(7(9)10)6-2-1-3-11-6/h5-6,8H,1-4H2,(H,9,10). The van der Waals surface area contributed by atoms with Gasteiger partial charge < -0.3 is 10.2 Å². The number of carboxylic acids is 1. The van der Waals surface area contributed by atoms with E-state index < -0.39 is 11.9 Å². The van der Waals surface area contributed by atoms with Crippen LogP contribution in [-0.4, -0.2) is 33.8 Å². The summed E-state index contributed by atoms with van der Waals surface area (Å²) in [6, 6.07) is 0. The summed E-state index contributed by atoms with van der Waals surface area (Å²) < 4.78 is 0. The molecular formula is C7H12O3S. The maximum Gasteiger partial charge on any atom is 0.309 e. The first-order valence-electron chi connectivity index (χ1n) is 3.71. The molecule has 1 rings (SSSR count). The molecule has 11 heavy (non-hydrogen) atoms. The zero-order chi connectivity index (χ0) is 8.27. The van der Waals surface area contributed by atoms with Crippen molar-refractivity contribution in [1.29, 1.82) is 0 Å². The predicted molar refractivity (Wildman–Crippen MR) is 43.7 cm³/mol. The van der Waals surface area contributed by atoms with E-state index in [0.29, 0.717) is 0 Å². The van der Waals surface area contributed by atoms with Crippen molar-refractivity contribution in [3.63, 3.8) is 0 Å². The highest BCUT2D eigenvalue weighted by atomic mass is 32.2. The van der Waals surface area contributed by atoms with E-state index in [1.807, 2.05) is 0 Å². The van der Waals surface area contributed by atoms with Gasteiger partial charge in [0, 0.05) is 5.25 Å². The Morgan fingerprint density at radius 1 is 1.73 bits per heavy atom. The molecule has 0 aromatic carbocycles. The molecule has 3 nitrogen and oxygen atoms in total. The van der Waals surface area contributed by atoms with Crippen molar-refractivity contribution in [3.05, 3.63) is 0 Å². The number of hydrogen-bond donors (Lipinski definition) is 2. The number of aliphatic hydroxyl groups is 1. The second-order valence-corrected chi connectivity index (χ2v) is 4.03. The molecule has 1 saturated heterocycles. The molecule has 64 valence electrons. The molecule has 0 aliphatic carbocycles. The summed E-state index contributed by atoms with van der Waals surface area (Å²) >= 11 is 1.66. The lowest BCUT2D eigenvalue weighted by atomic mass is 10.0. The molecular weight excluding hydrogens is 164 g/mol. The minimum Gasteiger partial charge on any atom is -0.481 e. The molecule has 1 aliphatic heterocycles. The van der Waals surface area contributed by atoms with Crippen LogP contribution in [0.4, 0.5) is 0 Å². The molecule has 0 bridgehead atoms. The summed E-state index contributed by atoms with van der Waals surface area (Å²) in [4.78, 5) is 10.5. The van der Waals surface area contributed by atoms with Gasteiger partial charge in [-0.05, 0) is 18.6 Å². The topological polar surface area (TPSA) is 57.5 Å². The molecule has 2 atom stereocenters. The molecule has 0 radical (unpaired) electrons. The van der Waals surface area contributed by atoms with Gasteiger partial charge in [-0.1, -0.05) is 0 Å². The predicted octanol–water partition coefficient (Wildman–Crippen LogP) is 0.575. The zero-order valence-electron chi connectivity index (χ0n) is 6.19. The third-order valence-corrected chi connectivity index (χ3v) is 3.44. The van der Waals surface area contributed by atoms with E-state index >= 15 is 0 Å². The van der Waals surface area contributed by atoms with Gasteiger partial charge in [0.1, 0.15) is 0 Å². The fraction of sp³-hybridized carbons (Fsp3) is 0.857. The van der Waals surface area contributed by atoms with Gasteiger partial charge in [0.15, 0.2) is 0 Å². The molecule has 0 saturated carbocycles. The Morgan fingerprint density at radius 3 is 2.82 bits per heavy atom. The fourth-order valence-electron chi connectivity index (χ4n) is 1.27. The number of aliphatic carboxylic acids is 1. The van der Waals surface area contributed by atoms with E-state index in [1.165, 1.54) is 0 Å². The Morgan fingerprint density at radius 2 is 2.45 bits per heavy atom. The van der Waals surface area contributed by atoms with Crippen LogP contribution in [0.15, 0.2) is 0 Å². The lowest BCUT2D eigenvalue weighted by Crippen LogP contribution is -2.27. The van der Waals surface area contributed by atoms with E-state index in [4.69, 9.17) is 10.2 Å². The molecule has 1 fully saturated rings. The number of thioether (sulfide) groups is 1. The number of carbonyl (C=O) groups is 1. The molecule has 0 spiro atoms.